The van der Waals surface area contributed by atoms with Crippen molar-refractivity contribution in [3.63, 3.8) is 0 Å². The number of nitrogens with zero attached hydrogens (tertiary/aromatic N) is 4. The van der Waals surface area contributed by atoms with E-state index in [9.17, 15) is 4.79 Å². The number of tetrazole rings is 1. The van der Waals surface area contributed by atoms with Crippen LogP contribution in [0.2, 0.25) is 5.02 Å². The van der Waals surface area contributed by atoms with Gasteiger partial charge in [0.25, 0.3) is 0 Å². The standard InChI is InChI=1S/C16H14ClN5O/c17-14-3-1-2-13(8-14)10-18-16(23)9-12-4-6-15(7-5-12)22-11-19-20-21-22/h1-8,11H,9-10H2,(H,18,23). The Balaban J connectivity index is 1.55. The number of nitrogens with one attached hydrogen (secondary N) is 1. The minimum Gasteiger partial charge on any atom is -0.352 e. The maximum atomic E-state index is 12.0. The van der Waals surface area contributed by atoms with Gasteiger partial charge in [-0.3, -0.25) is 4.79 Å². The largest absolute Gasteiger partial charge is 0.352 e. The first-order valence-corrected chi connectivity index (χ1v) is 7.42. The molecule has 116 valence electrons. The molecule has 6 nitrogen and oxygen atoms in total. The molecule has 0 fully saturated rings. The Bertz CT molecular complexity index is 786. The van der Waals surface area contributed by atoms with Crippen LogP contribution in [0.5, 0.6) is 0 Å². The van der Waals surface area contributed by atoms with Gasteiger partial charge in [0.1, 0.15) is 6.33 Å². The van der Waals surface area contributed by atoms with Crippen LogP contribution in [-0.4, -0.2) is 26.1 Å². The predicted octanol–water partition coefficient (Wildman–Crippen LogP) is 2.17. The van der Waals surface area contributed by atoms with Crippen LogP contribution in [0.4, 0.5) is 0 Å². The molecule has 7 heteroatoms. The van der Waals surface area contributed by atoms with Crippen molar-refractivity contribution in [2.75, 3.05) is 0 Å². The minimum atomic E-state index is -0.0415. The maximum Gasteiger partial charge on any atom is 0.224 e. The summed E-state index contributed by atoms with van der Waals surface area (Å²) in [5.41, 5.74) is 2.74. The average Bonchev–Trinajstić information content (AvgIpc) is 3.08. The molecular weight excluding hydrogens is 314 g/mol. The maximum absolute atomic E-state index is 12.0. The first-order chi connectivity index (χ1) is 11.2. The molecule has 1 N–H and O–H groups in total. The predicted molar refractivity (Wildman–Crippen MR) is 86.2 cm³/mol. The molecule has 0 radical (unpaired) electrons. The van der Waals surface area contributed by atoms with Gasteiger partial charge in [0, 0.05) is 11.6 Å². The molecule has 0 aliphatic carbocycles. The molecule has 0 aliphatic heterocycles. The van der Waals surface area contributed by atoms with Crippen LogP contribution in [0.15, 0.2) is 54.9 Å². The van der Waals surface area contributed by atoms with Gasteiger partial charge in [0.05, 0.1) is 12.1 Å². The van der Waals surface area contributed by atoms with E-state index >= 15 is 0 Å². The number of halogens is 1. The zero-order valence-corrected chi connectivity index (χ0v) is 12.9. The van der Waals surface area contributed by atoms with Crippen LogP contribution in [0.3, 0.4) is 0 Å². The highest BCUT2D eigenvalue weighted by Gasteiger charge is 2.05. The second kappa shape index (κ2) is 7.02. The van der Waals surface area contributed by atoms with E-state index in [1.807, 2.05) is 42.5 Å². The molecule has 3 rings (SSSR count). The lowest BCUT2D eigenvalue weighted by molar-refractivity contribution is -0.120. The van der Waals surface area contributed by atoms with Crippen LogP contribution in [0, 0.1) is 0 Å². The number of benzene rings is 2. The molecule has 2 aromatic carbocycles. The van der Waals surface area contributed by atoms with Crippen molar-refractivity contribution in [3.05, 3.63) is 71.0 Å². The van der Waals surface area contributed by atoms with E-state index < -0.39 is 0 Å². The zero-order valence-electron chi connectivity index (χ0n) is 12.2. The molecule has 23 heavy (non-hydrogen) atoms. The Morgan fingerprint density at radius 2 is 1.96 bits per heavy atom. The van der Waals surface area contributed by atoms with E-state index in [1.165, 1.54) is 6.33 Å². The number of carbonyl (C=O) groups excluding carboxylic acids is 1. The van der Waals surface area contributed by atoms with Crippen molar-refractivity contribution in [1.29, 1.82) is 0 Å². The summed E-state index contributed by atoms with van der Waals surface area (Å²) >= 11 is 5.92. The van der Waals surface area contributed by atoms with Crippen LogP contribution in [0.25, 0.3) is 5.69 Å². The van der Waals surface area contributed by atoms with E-state index in [2.05, 4.69) is 20.8 Å². The Hall–Kier alpha value is -2.73. The molecule has 0 spiro atoms. The monoisotopic (exact) mass is 327 g/mol. The molecule has 1 amide bonds. The Kier molecular flexibility index (Phi) is 4.63. The summed E-state index contributed by atoms with van der Waals surface area (Å²) in [5.74, 6) is -0.0415. The van der Waals surface area contributed by atoms with Gasteiger partial charge < -0.3 is 5.32 Å². The quantitative estimate of drug-likeness (QED) is 0.779. The highest BCUT2D eigenvalue weighted by molar-refractivity contribution is 6.30. The summed E-state index contributed by atoms with van der Waals surface area (Å²) < 4.78 is 1.56. The smallest absolute Gasteiger partial charge is 0.224 e. The minimum absolute atomic E-state index is 0.0415. The molecule has 0 atom stereocenters. The number of amides is 1. The molecule has 0 saturated carbocycles. The van der Waals surface area contributed by atoms with Gasteiger partial charge in [-0.1, -0.05) is 35.9 Å². The molecule has 0 unspecified atom stereocenters. The van der Waals surface area contributed by atoms with Gasteiger partial charge >= 0.3 is 0 Å². The Morgan fingerprint density at radius 1 is 1.13 bits per heavy atom. The van der Waals surface area contributed by atoms with Crippen LogP contribution in [-0.2, 0) is 17.8 Å². The van der Waals surface area contributed by atoms with Gasteiger partial charge in [-0.2, -0.15) is 0 Å². The highest BCUT2D eigenvalue weighted by atomic mass is 35.5. The normalized spacial score (nSPS) is 10.5. The molecule has 0 saturated heterocycles. The second-order valence-corrected chi connectivity index (χ2v) is 5.44. The number of hydrogen-bond acceptors (Lipinski definition) is 4. The van der Waals surface area contributed by atoms with Crippen LogP contribution < -0.4 is 5.32 Å². The number of rotatable bonds is 5. The fourth-order valence-corrected chi connectivity index (χ4v) is 2.35. The first kappa shape index (κ1) is 15.2. The number of carbonyl (C=O) groups is 1. The Labute approximate surface area is 138 Å². The summed E-state index contributed by atoms with van der Waals surface area (Å²) in [7, 11) is 0. The van der Waals surface area contributed by atoms with E-state index in [0.29, 0.717) is 18.0 Å². The highest BCUT2D eigenvalue weighted by Crippen LogP contribution is 2.11. The van der Waals surface area contributed by atoms with Crippen LogP contribution in [0.1, 0.15) is 11.1 Å². The fraction of sp³-hybridized carbons (Fsp3) is 0.125. The van der Waals surface area contributed by atoms with Gasteiger partial charge in [-0.25, -0.2) is 4.68 Å². The summed E-state index contributed by atoms with van der Waals surface area (Å²) in [6, 6.07) is 14.9. The SMILES string of the molecule is O=C(Cc1ccc(-n2cnnn2)cc1)NCc1cccc(Cl)c1. The molecule has 1 aromatic heterocycles. The molecular formula is C16H14ClN5O. The van der Waals surface area contributed by atoms with Crippen molar-refractivity contribution in [2.45, 2.75) is 13.0 Å². The molecule has 1 heterocycles. The number of aromatic nitrogens is 4. The van der Waals surface area contributed by atoms with Crippen molar-refractivity contribution < 1.29 is 4.79 Å². The first-order valence-electron chi connectivity index (χ1n) is 7.04. The summed E-state index contributed by atoms with van der Waals surface area (Å²) in [6.45, 7) is 0.460. The van der Waals surface area contributed by atoms with Crippen molar-refractivity contribution >= 4 is 17.5 Å². The second-order valence-electron chi connectivity index (χ2n) is 5.00. The third-order valence-corrected chi connectivity index (χ3v) is 3.53. The molecule has 3 aromatic rings. The number of hydrogen-bond donors (Lipinski definition) is 1. The van der Waals surface area contributed by atoms with Crippen molar-refractivity contribution in [3.8, 4) is 5.69 Å². The van der Waals surface area contributed by atoms with Gasteiger partial charge in [0.15, 0.2) is 0 Å². The topological polar surface area (TPSA) is 72.7 Å². The molecule has 0 bridgehead atoms. The van der Waals surface area contributed by atoms with Crippen molar-refractivity contribution in [2.24, 2.45) is 0 Å². The van der Waals surface area contributed by atoms with E-state index in [-0.39, 0.29) is 5.91 Å². The van der Waals surface area contributed by atoms with E-state index in [4.69, 9.17) is 11.6 Å². The van der Waals surface area contributed by atoms with Gasteiger partial charge in [-0.05, 0) is 45.8 Å². The summed E-state index contributed by atoms with van der Waals surface area (Å²) in [5, 5.41) is 14.5. The summed E-state index contributed by atoms with van der Waals surface area (Å²) in [4.78, 5) is 12.0. The third-order valence-electron chi connectivity index (χ3n) is 3.29. The average molecular weight is 328 g/mol. The lowest BCUT2D eigenvalue weighted by Gasteiger charge is -2.06. The molecule has 0 aliphatic rings. The van der Waals surface area contributed by atoms with E-state index in [0.717, 1.165) is 16.8 Å². The van der Waals surface area contributed by atoms with Crippen LogP contribution >= 0.6 is 11.6 Å². The zero-order chi connectivity index (χ0) is 16.1. The lowest BCUT2D eigenvalue weighted by Crippen LogP contribution is -2.24. The fourth-order valence-electron chi connectivity index (χ4n) is 2.14. The van der Waals surface area contributed by atoms with E-state index in [1.54, 1.807) is 10.7 Å². The lowest BCUT2D eigenvalue weighted by atomic mass is 10.1. The summed E-state index contributed by atoms with van der Waals surface area (Å²) in [6.07, 6.45) is 1.84. The third kappa shape index (κ3) is 4.14. The van der Waals surface area contributed by atoms with Crippen molar-refractivity contribution in [1.82, 2.24) is 25.5 Å². The van der Waals surface area contributed by atoms with Gasteiger partial charge in [0.2, 0.25) is 5.91 Å². The van der Waals surface area contributed by atoms with Gasteiger partial charge in [-0.15, -0.1) is 5.10 Å². The Morgan fingerprint density at radius 3 is 2.65 bits per heavy atom.